The molecule has 270 valence electrons. The van der Waals surface area contributed by atoms with Gasteiger partial charge in [-0.2, -0.15) is 0 Å². The van der Waals surface area contributed by atoms with Crippen LogP contribution in [0.15, 0.2) is 65.8 Å². The second-order valence-corrected chi connectivity index (χ2v) is 18.8. The largest absolute Gasteiger partial charge is 0.394 e. The second kappa shape index (κ2) is 14.9. The minimum Gasteiger partial charge on any atom is -0.394 e. The van der Waals surface area contributed by atoms with Crippen LogP contribution in [0, 0.1) is 5.92 Å². The van der Waals surface area contributed by atoms with Gasteiger partial charge < -0.3 is 34.2 Å². The van der Waals surface area contributed by atoms with Gasteiger partial charge in [0, 0.05) is 35.8 Å². The van der Waals surface area contributed by atoms with Gasteiger partial charge in [0.05, 0.1) is 30.9 Å². The molecule has 3 amide bonds. The maximum Gasteiger partial charge on any atom is 0.264 e. The van der Waals surface area contributed by atoms with Gasteiger partial charge in [-0.15, -0.1) is 0 Å². The third kappa shape index (κ3) is 7.37. The molecule has 0 aromatic heterocycles. The average molecular weight is 706 g/mol. The number of nitrogens with one attached hydrogen (secondary N) is 1. The van der Waals surface area contributed by atoms with E-state index in [1.165, 1.54) is 12.5 Å². The molecule has 9 nitrogen and oxygen atoms in total. The number of carbonyl (C=O) groups excluding carboxylic acids is 3. The van der Waals surface area contributed by atoms with Crippen molar-refractivity contribution in [2.24, 2.45) is 5.92 Å². The molecule has 6 atom stereocenters. The summed E-state index contributed by atoms with van der Waals surface area (Å²) in [6.45, 7) is 13.0. The normalized spacial score (nSPS) is 25.4. The molecule has 1 fully saturated rings. The van der Waals surface area contributed by atoms with Crippen LogP contribution in [0.1, 0.15) is 70.6 Å². The van der Waals surface area contributed by atoms with E-state index >= 15 is 4.11 Å². The molecule has 3 N–H and O–H groups in total. The molecular weight excluding hydrogens is 654 g/mol. The van der Waals surface area contributed by atoms with E-state index in [0.29, 0.717) is 29.9 Å². The Morgan fingerprint density at radius 2 is 1.84 bits per heavy atom. The molecule has 0 radical (unpaired) electrons. The Morgan fingerprint density at radius 1 is 1.14 bits per heavy atom. The van der Waals surface area contributed by atoms with E-state index in [1.807, 2.05) is 44.2 Å². The first kappa shape index (κ1) is 37.6. The molecule has 0 unspecified atom stereocenters. The van der Waals surface area contributed by atoms with Gasteiger partial charge in [-0.3, -0.25) is 14.4 Å². The highest BCUT2D eigenvalue weighted by Gasteiger charge is 2.67. The highest BCUT2D eigenvalue weighted by Crippen LogP contribution is 2.60. The quantitative estimate of drug-likeness (QED) is 0.147. The van der Waals surface area contributed by atoms with Gasteiger partial charge in [0.1, 0.15) is 6.10 Å². The fraction of sp³-hybridized carbons (Fsp3) is 0.513. The summed E-state index contributed by atoms with van der Waals surface area (Å²) < 4.78 is 23.3. The highest BCUT2D eigenvalue weighted by molar-refractivity contribution is 6.72. The van der Waals surface area contributed by atoms with Gasteiger partial charge in [0.15, 0.2) is 5.60 Å². The van der Waals surface area contributed by atoms with Crippen molar-refractivity contribution >= 4 is 37.5 Å². The Bertz CT molecular complexity index is 1680. The van der Waals surface area contributed by atoms with Crippen LogP contribution in [-0.2, 0) is 37.7 Å². The molecule has 1 saturated heterocycles. The van der Waals surface area contributed by atoms with Crippen LogP contribution in [0.5, 0.6) is 0 Å². The molecular formula is C39H52FN3O6Si. The first-order chi connectivity index (χ1) is 23.6. The van der Waals surface area contributed by atoms with Crippen LogP contribution in [-0.4, -0.2) is 72.6 Å². The van der Waals surface area contributed by atoms with Crippen molar-refractivity contribution in [1.29, 1.82) is 0 Å². The average Bonchev–Trinajstić information content (AvgIpc) is 3.48. The summed E-state index contributed by atoms with van der Waals surface area (Å²) in [5.74, 6) is -1.82. The predicted octanol–water partition coefficient (Wildman–Crippen LogP) is 6.16. The predicted molar refractivity (Wildman–Crippen MR) is 196 cm³/mol. The Morgan fingerprint density at radius 3 is 2.48 bits per heavy atom. The number of nitrogens with zero attached hydrogens (tertiary/aromatic N) is 2. The maximum absolute atomic E-state index is 16.5. The summed E-state index contributed by atoms with van der Waals surface area (Å²) in [5.41, 5.74) is 3.64. The lowest BCUT2D eigenvalue weighted by Gasteiger charge is -2.37. The molecule has 5 rings (SSSR count). The number of fused-ring (bicyclic) bond motifs is 3. The number of halogens is 1. The zero-order valence-electron chi connectivity index (χ0n) is 30.3. The number of carbonyl (C=O) groups is 3. The van der Waals surface area contributed by atoms with E-state index in [9.17, 15) is 24.6 Å². The fourth-order valence-electron chi connectivity index (χ4n) is 8.02. The van der Waals surface area contributed by atoms with Crippen LogP contribution in [0.3, 0.4) is 0 Å². The van der Waals surface area contributed by atoms with Crippen molar-refractivity contribution < 1.29 is 33.4 Å². The molecule has 2 aromatic rings. The molecule has 2 aromatic carbocycles. The van der Waals surface area contributed by atoms with E-state index in [-0.39, 0.29) is 31.4 Å². The molecule has 3 aliphatic rings. The molecule has 11 heteroatoms. The minimum absolute atomic E-state index is 0.139. The summed E-state index contributed by atoms with van der Waals surface area (Å²) in [4.78, 5) is 44.7. The van der Waals surface area contributed by atoms with Crippen LogP contribution in [0.4, 0.5) is 15.5 Å². The number of amides is 3. The van der Waals surface area contributed by atoms with Gasteiger partial charge in [-0.25, -0.2) is 0 Å². The number of hydrogen-bond donors (Lipinski definition) is 3. The van der Waals surface area contributed by atoms with Crippen LogP contribution >= 0.6 is 0 Å². The molecule has 0 saturated carbocycles. The standard InChI is InChI=1S/C39H52FN3O6Si/c1-24(2)11-10-12-25(3)17-18-42-33-16-15-30(41-37(47)27(5)45)20-32(33)39(38(42)48)26(4)36(50(6,7)40)34(49-39)21-35(46)43-22-29-14-9-8-13-28(29)19-31(43)23-44/h8-9,11,13-17,20,26-27,31,34,36,44-45H,10,12,18-19,21-23H2,1-7H3,(H,41,47)/b25-17+/t26-,27+,31+,34+,36-,39+/m1/s1. The van der Waals surface area contributed by atoms with Crippen molar-refractivity contribution in [2.45, 2.75) is 109 Å². The van der Waals surface area contributed by atoms with E-state index in [1.54, 1.807) is 41.1 Å². The SMILES string of the molecule is CC(C)=CCC/C(C)=C/CN1C(=O)[C@@]2(O[C@@H](CC(=O)N3Cc4ccccc4C[C@H]3CO)[C@H]([Si](C)(C)F)[C@H]2C)c2cc(NC(=O)[C@H](C)O)ccc21. The number of rotatable bonds is 11. The van der Waals surface area contributed by atoms with Crippen molar-refractivity contribution in [3.05, 3.63) is 82.5 Å². The Kier molecular flexibility index (Phi) is 11.2. The van der Waals surface area contributed by atoms with Gasteiger partial charge in [-0.1, -0.05) is 54.5 Å². The Balaban J connectivity index is 1.52. The lowest BCUT2D eigenvalue weighted by atomic mass is 9.82. The number of benzene rings is 2. The van der Waals surface area contributed by atoms with Gasteiger partial charge in [-0.05, 0) is 89.4 Å². The van der Waals surface area contributed by atoms with Crippen molar-refractivity contribution in [1.82, 2.24) is 4.90 Å². The number of aliphatic hydroxyl groups excluding tert-OH is 2. The minimum atomic E-state index is -3.57. The first-order valence-electron chi connectivity index (χ1n) is 17.7. The number of anilines is 2. The smallest absolute Gasteiger partial charge is 0.264 e. The van der Waals surface area contributed by atoms with Crippen LogP contribution in [0.25, 0.3) is 0 Å². The fourth-order valence-corrected chi connectivity index (χ4v) is 10.5. The van der Waals surface area contributed by atoms with Gasteiger partial charge >= 0.3 is 0 Å². The van der Waals surface area contributed by atoms with Crippen LogP contribution < -0.4 is 10.2 Å². The monoisotopic (exact) mass is 705 g/mol. The molecule has 3 aliphatic heterocycles. The zero-order valence-corrected chi connectivity index (χ0v) is 31.3. The summed E-state index contributed by atoms with van der Waals surface area (Å²) in [5, 5.41) is 22.8. The van der Waals surface area contributed by atoms with E-state index in [0.717, 1.165) is 29.5 Å². The second-order valence-electron chi connectivity index (χ2n) is 15.0. The number of aliphatic hydroxyl groups is 2. The van der Waals surface area contributed by atoms with Gasteiger partial charge in [0.2, 0.25) is 14.3 Å². The summed E-state index contributed by atoms with van der Waals surface area (Å²) >= 11 is 0. The van der Waals surface area contributed by atoms with Crippen molar-refractivity contribution in [3.8, 4) is 0 Å². The summed E-state index contributed by atoms with van der Waals surface area (Å²) in [6.07, 6.45) is 4.16. The van der Waals surface area contributed by atoms with E-state index in [4.69, 9.17) is 4.74 Å². The van der Waals surface area contributed by atoms with Gasteiger partial charge in [0.25, 0.3) is 11.8 Å². The molecule has 3 heterocycles. The Labute approximate surface area is 296 Å². The van der Waals surface area contributed by atoms with Crippen molar-refractivity contribution in [2.75, 3.05) is 23.4 Å². The molecule has 1 spiro atoms. The highest BCUT2D eigenvalue weighted by atomic mass is 28.4. The van der Waals surface area contributed by atoms with Crippen LogP contribution in [0.2, 0.25) is 18.6 Å². The maximum atomic E-state index is 16.5. The first-order valence-corrected chi connectivity index (χ1v) is 20.6. The van der Waals surface area contributed by atoms with E-state index in [2.05, 4.69) is 25.2 Å². The lowest BCUT2D eigenvalue weighted by Crippen LogP contribution is -2.48. The molecule has 50 heavy (non-hydrogen) atoms. The number of allylic oxidation sites excluding steroid dienone is 3. The van der Waals surface area contributed by atoms with E-state index < -0.39 is 49.6 Å². The summed E-state index contributed by atoms with van der Waals surface area (Å²) in [6, 6.07) is 12.5. The third-order valence-corrected chi connectivity index (χ3v) is 13.0. The lowest BCUT2D eigenvalue weighted by molar-refractivity contribution is -0.150. The molecule has 0 bridgehead atoms. The third-order valence-electron chi connectivity index (χ3n) is 10.6. The van der Waals surface area contributed by atoms with Crippen molar-refractivity contribution in [3.63, 3.8) is 0 Å². The molecule has 0 aliphatic carbocycles. The topological polar surface area (TPSA) is 119 Å². The number of hydrogen-bond acceptors (Lipinski definition) is 6. The Hall–Kier alpha value is -3.64. The number of ether oxygens (including phenoxy) is 1. The zero-order chi connectivity index (χ0) is 36.5. The summed E-state index contributed by atoms with van der Waals surface area (Å²) in [7, 11) is -3.57.